The molecule has 37 heavy (non-hydrogen) atoms. The van der Waals surface area contributed by atoms with Crippen LogP contribution in [0.1, 0.15) is 61.8 Å². The Labute approximate surface area is 219 Å². The van der Waals surface area contributed by atoms with E-state index in [1.807, 2.05) is 50.5 Å². The van der Waals surface area contributed by atoms with Gasteiger partial charge in [0.2, 0.25) is 5.95 Å². The molecule has 1 aliphatic rings. The number of nitrogens with zero attached hydrogens (tertiary/aromatic N) is 4. The molecule has 2 aromatic heterocycles. The van der Waals surface area contributed by atoms with Crippen LogP contribution in [-0.4, -0.2) is 41.0 Å². The number of nitrogens with one attached hydrogen (secondary N) is 1. The van der Waals surface area contributed by atoms with Gasteiger partial charge in [-0.2, -0.15) is 4.39 Å². The van der Waals surface area contributed by atoms with E-state index in [-0.39, 0.29) is 6.04 Å². The highest BCUT2D eigenvalue weighted by molar-refractivity contribution is 5.88. The van der Waals surface area contributed by atoms with E-state index in [4.69, 9.17) is 14.5 Å². The topological polar surface area (TPSA) is 73.6 Å². The summed E-state index contributed by atoms with van der Waals surface area (Å²) in [6.07, 6.45) is 6.46. The fourth-order valence-corrected chi connectivity index (χ4v) is 5.47. The van der Waals surface area contributed by atoms with E-state index in [2.05, 4.69) is 33.7 Å². The summed E-state index contributed by atoms with van der Waals surface area (Å²) < 4.78 is 27.0. The quantitative estimate of drug-likeness (QED) is 0.364. The SMILES string of the molecule is CCC1(c2ccc(F)nc2C)CC(Cn2ccnc2C)CC(CNC(C)c2cc(OC)cc(OC)c2)=N1. The lowest BCUT2D eigenvalue weighted by Gasteiger charge is -2.39. The molecule has 3 unspecified atom stereocenters. The lowest BCUT2D eigenvalue weighted by molar-refractivity contribution is 0.271. The summed E-state index contributed by atoms with van der Waals surface area (Å²) in [5.41, 5.74) is 3.46. The van der Waals surface area contributed by atoms with Crippen molar-refractivity contribution >= 4 is 5.71 Å². The molecule has 0 spiro atoms. The van der Waals surface area contributed by atoms with Crippen LogP contribution >= 0.6 is 0 Å². The summed E-state index contributed by atoms with van der Waals surface area (Å²) in [6.45, 7) is 9.71. The Morgan fingerprint density at radius 1 is 1.16 bits per heavy atom. The molecule has 0 saturated heterocycles. The van der Waals surface area contributed by atoms with Crippen LogP contribution < -0.4 is 14.8 Å². The van der Waals surface area contributed by atoms with E-state index in [0.717, 1.165) is 60.0 Å². The van der Waals surface area contributed by atoms with Crippen molar-refractivity contribution in [2.24, 2.45) is 10.9 Å². The van der Waals surface area contributed by atoms with E-state index in [1.54, 1.807) is 14.2 Å². The van der Waals surface area contributed by atoms with E-state index in [9.17, 15) is 4.39 Å². The number of halogens is 1. The molecule has 8 heteroatoms. The summed E-state index contributed by atoms with van der Waals surface area (Å²) in [7, 11) is 3.32. The Bertz CT molecular complexity index is 1230. The standard InChI is InChI=1S/C29H38FN5O2/c1-7-29(27-8-9-28(30)33-20(27)3)16-22(18-35-11-10-31-21(35)4)12-24(34-29)17-32-19(2)23-13-25(36-5)15-26(14-23)37-6/h8-11,13-15,19,22,32H,7,12,16-18H2,1-6H3. The predicted octanol–water partition coefficient (Wildman–Crippen LogP) is 5.56. The fraction of sp³-hybridized carbons (Fsp3) is 0.483. The molecular weight excluding hydrogens is 469 g/mol. The Morgan fingerprint density at radius 2 is 1.89 bits per heavy atom. The number of rotatable bonds is 10. The minimum Gasteiger partial charge on any atom is -0.497 e. The number of ether oxygens (including phenoxy) is 2. The second kappa shape index (κ2) is 11.4. The molecule has 4 rings (SSSR count). The molecule has 3 aromatic rings. The first-order chi connectivity index (χ1) is 17.8. The first kappa shape index (κ1) is 26.8. The van der Waals surface area contributed by atoms with Crippen LogP contribution in [-0.2, 0) is 12.1 Å². The van der Waals surface area contributed by atoms with Gasteiger partial charge in [0.05, 0.1) is 19.8 Å². The Morgan fingerprint density at radius 3 is 2.49 bits per heavy atom. The maximum absolute atomic E-state index is 13.9. The number of hydrogen-bond acceptors (Lipinski definition) is 6. The van der Waals surface area contributed by atoms with E-state index in [0.29, 0.717) is 18.2 Å². The third-order valence-corrected chi connectivity index (χ3v) is 7.53. The van der Waals surface area contributed by atoms with Crippen molar-refractivity contribution in [1.29, 1.82) is 0 Å². The van der Waals surface area contributed by atoms with Gasteiger partial charge in [-0.05, 0) is 69.7 Å². The zero-order valence-electron chi connectivity index (χ0n) is 22.7. The third kappa shape index (κ3) is 6.01. The van der Waals surface area contributed by atoms with Crippen molar-refractivity contribution in [3.05, 3.63) is 71.3 Å². The number of aromatic nitrogens is 3. The Kier molecular flexibility index (Phi) is 8.27. The first-order valence-corrected chi connectivity index (χ1v) is 12.9. The smallest absolute Gasteiger partial charge is 0.213 e. The molecule has 198 valence electrons. The number of aliphatic imine (C=N–C) groups is 1. The number of aryl methyl sites for hydroxylation is 2. The molecule has 1 aromatic carbocycles. The molecule has 1 aliphatic heterocycles. The maximum Gasteiger partial charge on any atom is 0.213 e. The van der Waals surface area contributed by atoms with E-state index < -0.39 is 11.5 Å². The van der Waals surface area contributed by atoms with Gasteiger partial charge >= 0.3 is 0 Å². The monoisotopic (exact) mass is 507 g/mol. The van der Waals surface area contributed by atoms with Gasteiger partial charge in [0.15, 0.2) is 0 Å². The molecular formula is C29H38FN5O2. The summed E-state index contributed by atoms with van der Waals surface area (Å²) in [4.78, 5) is 13.9. The molecule has 1 N–H and O–H groups in total. The fourth-order valence-electron chi connectivity index (χ4n) is 5.47. The second-order valence-electron chi connectivity index (χ2n) is 9.98. The van der Waals surface area contributed by atoms with Gasteiger partial charge in [-0.15, -0.1) is 0 Å². The largest absolute Gasteiger partial charge is 0.497 e. The summed E-state index contributed by atoms with van der Waals surface area (Å²) in [5, 5.41) is 3.66. The van der Waals surface area contributed by atoms with Gasteiger partial charge in [0.25, 0.3) is 0 Å². The van der Waals surface area contributed by atoms with Crippen LogP contribution in [0.2, 0.25) is 0 Å². The molecule has 3 atom stereocenters. The summed E-state index contributed by atoms with van der Waals surface area (Å²) in [5.74, 6) is 2.43. The average molecular weight is 508 g/mol. The number of hydrogen-bond donors (Lipinski definition) is 1. The summed E-state index contributed by atoms with van der Waals surface area (Å²) in [6, 6.07) is 9.31. The van der Waals surface area contributed by atoms with E-state index in [1.165, 1.54) is 6.07 Å². The van der Waals surface area contributed by atoms with Crippen molar-refractivity contribution < 1.29 is 13.9 Å². The molecule has 3 heterocycles. The van der Waals surface area contributed by atoms with Gasteiger partial charge in [-0.3, -0.25) is 4.99 Å². The highest BCUT2D eigenvalue weighted by atomic mass is 19.1. The number of benzene rings is 1. The summed E-state index contributed by atoms with van der Waals surface area (Å²) >= 11 is 0. The normalized spacial score (nSPS) is 20.4. The predicted molar refractivity (Wildman–Crippen MR) is 144 cm³/mol. The van der Waals surface area contributed by atoms with Gasteiger partial charge < -0.3 is 19.4 Å². The lowest BCUT2D eigenvalue weighted by atomic mass is 9.75. The minimum absolute atomic E-state index is 0.0632. The Hall–Kier alpha value is -3.26. The van der Waals surface area contributed by atoms with Crippen LogP contribution in [0, 0.1) is 25.7 Å². The molecule has 0 amide bonds. The first-order valence-electron chi connectivity index (χ1n) is 12.9. The molecule has 0 bridgehead atoms. The van der Waals surface area contributed by atoms with Gasteiger partial charge in [0, 0.05) is 54.6 Å². The minimum atomic E-state index is -0.456. The second-order valence-corrected chi connectivity index (χ2v) is 9.98. The van der Waals surface area contributed by atoms with Gasteiger partial charge in [-0.1, -0.05) is 13.0 Å². The number of pyridine rings is 1. The van der Waals surface area contributed by atoms with Crippen LogP contribution in [0.4, 0.5) is 4.39 Å². The maximum atomic E-state index is 13.9. The van der Waals surface area contributed by atoms with Crippen LogP contribution in [0.25, 0.3) is 0 Å². The zero-order valence-corrected chi connectivity index (χ0v) is 22.7. The lowest BCUT2D eigenvalue weighted by Crippen LogP contribution is -2.39. The third-order valence-electron chi connectivity index (χ3n) is 7.53. The molecule has 0 radical (unpaired) electrons. The molecule has 0 fully saturated rings. The van der Waals surface area contributed by atoms with Gasteiger partial charge in [-0.25, -0.2) is 9.97 Å². The molecule has 0 aliphatic carbocycles. The van der Waals surface area contributed by atoms with Crippen molar-refractivity contribution in [2.45, 2.75) is 65.1 Å². The zero-order chi connectivity index (χ0) is 26.6. The number of imidazole rings is 1. The highest BCUT2D eigenvalue weighted by Gasteiger charge is 2.39. The van der Waals surface area contributed by atoms with E-state index >= 15 is 0 Å². The van der Waals surface area contributed by atoms with Crippen LogP contribution in [0.3, 0.4) is 0 Å². The number of methoxy groups -OCH3 is 2. The molecule has 7 nitrogen and oxygen atoms in total. The van der Waals surface area contributed by atoms with Crippen molar-refractivity contribution in [1.82, 2.24) is 19.9 Å². The highest BCUT2D eigenvalue weighted by Crippen LogP contribution is 2.42. The van der Waals surface area contributed by atoms with Crippen LogP contribution in [0.15, 0.2) is 47.7 Å². The van der Waals surface area contributed by atoms with Crippen LogP contribution in [0.5, 0.6) is 11.5 Å². The van der Waals surface area contributed by atoms with Crippen molar-refractivity contribution in [3.63, 3.8) is 0 Å². The van der Waals surface area contributed by atoms with Gasteiger partial charge in [0.1, 0.15) is 17.3 Å². The average Bonchev–Trinajstić information content (AvgIpc) is 3.30. The van der Waals surface area contributed by atoms with Crippen molar-refractivity contribution in [3.8, 4) is 11.5 Å². The Balaban J connectivity index is 1.62. The molecule has 0 saturated carbocycles. The van der Waals surface area contributed by atoms with Crippen molar-refractivity contribution in [2.75, 3.05) is 20.8 Å².